The van der Waals surface area contributed by atoms with Gasteiger partial charge in [0.1, 0.15) is 18.2 Å². The fraction of sp³-hybridized carbons (Fsp3) is 0.500. The van der Waals surface area contributed by atoms with E-state index >= 15 is 0 Å². The number of halogens is 1. The van der Waals surface area contributed by atoms with Crippen LogP contribution in [0.4, 0.5) is 4.39 Å². The molecule has 0 aliphatic carbocycles. The highest BCUT2D eigenvalue weighted by atomic mass is 19.1. The Morgan fingerprint density at radius 2 is 2.08 bits per heavy atom. The number of hydrogen-bond donors (Lipinski definition) is 1. The predicted molar refractivity (Wildman–Crippen MR) is 93.6 cm³/mol. The van der Waals surface area contributed by atoms with Crippen LogP contribution in [-0.4, -0.2) is 51.9 Å². The summed E-state index contributed by atoms with van der Waals surface area (Å²) in [5.41, 5.74) is -0.250. The number of H-pyrrole nitrogens is 1. The number of para-hydroxylation sites is 1. The molecule has 1 amide bonds. The van der Waals surface area contributed by atoms with Crippen LogP contribution in [-0.2, 0) is 16.0 Å². The van der Waals surface area contributed by atoms with E-state index in [1.807, 2.05) is 6.92 Å². The number of rotatable bonds is 6. The van der Waals surface area contributed by atoms with Gasteiger partial charge in [-0.1, -0.05) is 12.1 Å². The molecule has 1 N–H and O–H groups in total. The Balaban J connectivity index is 1.66. The van der Waals surface area contributed by atoms with Gasteiger partial charge < -0.3 is 9.64 Å². The molecule has 0 radical (unpaired) electrons. The lowest BCUT2D eigenvalue weighted by atomic mass is 9.93. The highest BCUT2D eigenvalue weighted by molar-refractivity contribution is 5.77. The number of likely N-dealkylation sites (tertiary alicyclic amines) is 1. The number of aromatic nitrogens is 3. The van der Waals surface area contributed by atoms with Crippen molar-refractivity contribution >= 4 is 5.91 Å². The maximum atomic E-state index is 14.1. The first-order chi connectivity index (χ1) is 12.6. The Morgan fingerprint density at radius 1 is 1.35 bits per heavy atom. The topological polar surface area (TPSA) is 80.2 Å². The molecule has 1 aromatic carbocycles. The molecule has 26 heavy (non-hydrogen) atoms. The minimum Gasteiger partial charge on any atom is -0.372 e. The van der Waals surface area contributed by atoms with Gasteiger partial charge in [0.15, 0.2) is 0 Å². The van der Waals surface area contributed by atoms with Crippen LogP contribution in [0.2, 0.25) is 0 Å². The van der Waals surface area contributed by atoms with E-state index < -0.39 is 11.5 Å². The number of carbonyl (C=O) groups excluding carboxylic acids is 1. The number of amides is 1. The van der Waals surface area contributed by atoms with E-state index in [2.05, 4.69) is 10.2 Å². The zero-order valence-corrected chi connectivity index (χ0v) is 14.8. The molecular formula is C18H23FN4O3. The van der Waals surface area contributed by atoms with Crippen LogP contribution in [0.3, 0.4) is 0 Å². The summed E-state index contributed by atoms with van der Waals surface area (Å²) in [6, 6.07) is 6.15. The minimum absolute atomic E-state index is 0.00772. The summed E-state index contributed by atoms with van der Waals surface area (Å²) in [6.45, 7) is 3.82. The van der Waals surface area contributed by atoms with E-state index in [0.29, 0.717) is 31.9 Å². The number of hydrogen-bond acceptors (Lipinski definition) is 4. The van der Waals surface area contributed by atoms with Crippen LogP contribution in [0, 0.1) is 11.7 Å². The smallest absolute Gasteiger partial charge is 0.348 e. The zero-order chi connectivity index (χ0) is 18.5. The summed E-state index contributed by atoms with van der Waals surface area (Å²) in [4.78, 5) is 25.9. The van der Waals surface area contributed by atoms with Crippen LogP contribution >= 0.6 is 0 Å². The van der Waals surface area contributed by atoms with Crippen LogP contribution in [0.5, 0.6) is 0 Å². The van der Waals surface area contributed by atoms with Gasteiger partial charge in [0.25, 0.3) is 0 Å². The fourth-order valence-electron chi connectivity index (χ4n) is 3.27. The third kappa shape index (κ3) is 4.01. The largest absolute Gasteiger partial charge is 0.372 e. The standard InChI is InChI=1S/C18H23FN4O3/c1-2-26-12-17(24)22-9-7-13(8-10-22)11-16-20-21-18(25)23(16)15-6-4-3-5-14(15)19/h3-6,13H,2,7-12H2,1H3,(H,21,25). The number of nitrogens with zero attached hydrogens (tertiary/aromatic N) is 3. The molecule has 1 saturated heterocycles. The first-order valence-electron chi connectivity index (χ1n) is 8.86. The Morgan fingerprint density at radius 3 is 2.77 bits per heavy atom. The zero-order valence-electron chi connectivity index (χ0n) is 14.8. The monoisotopic (exact) mass is 362 g/mol. The van der Waals surface area contributed by atoms with Crippen LogP contribution in [0.25, 0.3) is 5.69 Å². The maximum absolute atomic E-state index is 14.1. The van der Waals surface area contributed by atoms with E-state index in [9.17, 15) is 14.0 Å². The molecule has 140 valence electrons. The fourth-order valence-corrected chi connectivity index (χ4v) is 3.27. The van der Waals surface area contributed by atoms with Crippen molar-refractivity contribution in [3.05, 3.63) is 46.4 Å². The molecule has 8 heteroatoms. The normalized spacial score (nSPS) is 15.4. The van der Waals surface area contributed by atoms with Crippen molar-refractivity contribution in [1.82, 2.24) is 19.7 Å². The summed E-state index contributed by atoms with van der Waals surface area (Å²) in [5.74, 6) is 0.341. The Labute approximate surface area is 150 Å². The molecule has 1 aliphatic heterocycles. The number of carbonyl (C=O) groups is 1. The van der Waals surface area contributed by atoms with Gasteiger partial charge in [-0.3, -0.25) is 4.79 Å². The van der Waals surface area contributed by atoms with Crippen molar-refractivity contribution in [1.29, 1.82) is 0 Å². The second kappa shape index (κ2) is 8.27. The van der Waals surface area contributed by atoms with Gasteiger partial charge in [0.2, 0.25) is 5.91 Å². The second-order valence-corrected chi connectivity index (χ2v) is 6.40. The Hall–Kier alpha value is -2.48. The molecule has 0 bridgehead atoms. The summed E-state index contributed by atoms with van der Waals surface area (Å²) in [7, 11) is 0. The molecule has 1 aromatic heterocycles. The molecule has 0 unspecified atom stereocenters. The Bertz CT molecular complexity index is 809. The van der Waals surface area contributed by atoms with Gasteiger partial charge in [0.05, 0.1) is 5.69 Å². The highest BCUT2D eigenvalue weighted by Crippen LogP contribution is 2.22. The van der Waals surface area contributed by atoms with Gasteiger partial charge in [-0.25, -0.2) is 18.9 Å². The van der Waals surface area contributed by atoms with Gasteiger partial charge in [0, 0.05) is 26.1 Å². The first-order valence-corrected chi connectivity index (χ1v) is 8.86. The number of piperidine rings is 1. The SMILES string of the molecule is CCOCC(=O)N1CCC(Cc2n[nH]c(=O)n2-c2ccccc2F)CC1. The van der Waals surface area contributed by atoms with Crippen molar-refractivity contribution in [3.63, 3.8) is 0 Å². The van der Waals surface area contributed by atoms with Crippen molar-refractivity contribution in [3.8, 4) is 5.69 Å². The molecular weight excluding hydrogens is 339 g/mol. The third-order valence-electron chi connectivity index (χ3n) is 4.70. The summed E-state index contributed by atoms with van der Waals surface area (Å²) < 4.78 is 20.5. The highest BCUT2D eigenvalue weighted by Gasteiger charge is 2.25. The van der Waals surface area contributed by atoms with Gasteiger partial charge in [-0.05, 0) is 37.8 Å². The average Bonchev–Trinajstić information content (AvgIpc) is 3.01. The number of nitrogens with one attached hydrogen (secondary N) is 1. The lowest BCUT2D eigenvalue weighted by molar-refractivity contribution is -0.137. The number of benzene rings is 1. The number of aromatic amines is 1. The second-order valence-electron chi connectivity index (χ2n) is 6.40. The average molecular weight is 362 g/mol. The van der Waals surface area contributed by atoms with Gasteiger partial charge >= 0.3 is 5.69 Å². The molecule has 0 spiro atoms. The molecule has 7 nitrogen and oxygen atoms in total. The lowest BCUT2D eigenvalue weighted by Gasteiger charge is -2.31. The van der Waals surface area contributed by atoms with Crippen molar-refractivity contribution in [2.45, 2.75) is 26.2 Å². The van der Waals surface area contributed by atoms with Crippen molar-refractivity contribution < 1.29 is 13.9 Å². The lowest BCUT2D eigenvalue weighted by Crippen LogP contribution is -2.41. The molecule has 3 rings (SSSR count). The van der Waals surface area contributed by atoms with E-state index in [1.54, 1.807) is 23.1 Å². The van der Waals surface area contributed by atoms with E-state index in [1.165, 1.54) is 10.6 Å². The molecule has 0 atom stereocenters. The van der Waals surface area contributed by atoms with Gasteiger partial charge in [-0.15, -0.1) is 0 Å². The van der Waals surface area contributed by atoms with E-state index in [0.717, 1.165) is 12.8 Å². The summed E-state index contributed by atoms with van der Waals surface area (Å²) >= 11 is 0. The van der Waals surface area contributed by atoms with Crippen LogP contribution in [0.1, 0.15) is 25.6 Å². The molecule has 2 aromatic rings. The van der Waals surface area contributed by atoms with Crippen molar-refractivity contribution in [2.24, 2.45) is 5.92 Å². The van der Waals surface area contributed by atoms with Gasteiger partial charge in [-0.2, -0.15) is 5.10 Å². The minimum atomic E-state index is -0.464. The van der Waals surface area contributed by atoms with Crippen LogP contribution in [0.15, 0.2) is 29.1 Å². The molecule has 1 aliphatic rings. The maximum Gasteiger partial charge on any atom is 0.348 e. The summed E-state index contributed by atoms with van der Waals surface area (Å²) in [5, 5.41) is 6.49. The summed E-state index contributed by atoms with van der Waals surface area (Å²) in [6.07, 6.45) is 2.19. The first kappa shape index (κ1) is 18.3. The van der Waals surface area contributed by atoms with Crippen LogP contribution < -0.4 is 5.69 Å². The third-order valence-corrected chi connectivity index (χ3v) is 4.70. The molecule has 1 fully saturated rings. The van der Waals surface area contributed by atoms with E-state index in [-0.39, 0.29) is 24.1 Å². The molecule has 0 saturated carbocycles. The van der Waals surface area contributed by atoms with E-state index in [4.69, 9.17) is 4.74 Å². The Kier molecular flexibility index (Phi) is 5.82. The molecule has 2 heterocycles. The predicted octanol–water partition coefficient (Wildman–Crippen LogP) is 1.52. The van der Waals surface area contributed by atoms with Crippen molar-refractivity contribution in [2.75, 3.05) is 26.3 Å². The quantitative estimate of drug-likeness (QED) is 0.845. The number of ether oxygens (including phenoxy) is 1.